The second kappa shape index (κ2) is 6.96. The number of benzene rings is 3. The average Bonchev–Trinajstić information content (AvgIpc) is 2.88. The number of fused-ring (bicyclic) bond motifs is 2. The lowest BCUT2D eigenvalue weighted by Crippen LogP contribution is -2.23. The molecule has 3 aromatic carbocycles. The lowest BCUT2D eigenvalue weighted by Gasteiger charge is -2.19. The Hall–Kier alpha value is -3.27. The van der Waals surface area contributed by atoms with E-state index in [0.29, 0.717) is 5.56 Å². The zero-order chi connectivity index (χ0) is 20.8. The molecule has 148 valence electrons. The highest BCUT2D eigenvalue weighted by Crippen LogP contribution is 2.46. The molecule has 3 aromatic rings. The summed E-state index contributed by atoms with van der Waals surface area (Å²) in [5.41, 5.74) is 6.32. The lowest BCUT2D eigenvalue weighted by atomic mass is 9.89. The van der Waals surface area contributed by atoms with Gasteiger partial charge in [-0.15, -0.1) is 0 Å². The summed E-state index contributed by atoms with van der Waals surface area (Å²) >= 11 is 0. The molecule has 0 spiro atoms. The largest absolute Gasteiger partial charge is 0.456 e. The summed E-state index contributed by atoms with van der Waals surface area (Å²) < 4.78 is 5.46. The van der Waals surface area contributed by atoms with Crippen LogP contribution in [0.3, 0.4) is 0 Å². The van der Waals surface area contributed by atoms with E-state index in [1.165, 1.54) is 0 Å². The van der Waals surface area contributed by atoms with E-state index in [1.807, 2.05) is 70.2 Å². The molecular weight excluding hydrogens is 364 g/mol. The van der Waals surface area contributed by atoms with Gasteiger partial charge in [-0.1, -0.05) is 30.3 Å². The topological polar surface area (TPSA) is 44.8 Å². The fourth-order valence-electron chi connectivity index (χ4n) is 3.54. The molecule has 1 aliphatic heterocycles. The van der Waals surface area contributed by atoms with E-state index in [4.69, 9.17) is 14.5 Å². The first-order valence-corrected chi connectivity index (χ1v) is 9.66. The summed E-state index contributed by atoms with van der Waals surface area (Å²) in [6.07, 6.45) is 0. The lowest BCUT2D eigenvalue weighted by molar-refractivity contribution is -0.0842. The number of aryl methyl sites for hydroxylation is 1. The van der Waals surface area contributed by atoms with Crippen LogP contribution in [0.2, 0.25) is 0 Å². The van der Waals surface area contributed by atoms with Gasteiger partial charge in [0.05, 0.1) is 5.56 Å². The highest BCUT2D eigenvalue weighted by molar-refractivity contribution is 5.92. The second-order valence-corrected chi connectivity index (χ2v) is 8.31. The molecule has 0 aliphatic carbocycles. The van der Waals surface area contributed by atoms with Crippen LogP contribution < -0.4 is 9.78 Å². The molecule has 29 heavy (non-hydrogen) atoms. The maximum absolute atomic E-state index is 12.3. The predicted molar refractivity (Wildman–Crippen MR) is 113 cm³/mol. The predicted octanol–water partition coefficient (Wildman–Crippen LogP) is 6.28. The summed E-state index contributed by atoms with van der Waals surface area (Å²) in [5.74, 6) is 1.18. The zero-order valence-electron chi connectivity index (χ0n) is 17.3. The molecular formula is C25H24O4. The van der Waals surface area contributed by atoms with Crippen molar-refractivity contribution in [2.75, 3.05) is 0 Å². The molecule has 0 amide bonds. The summed E-state index contributed by atoms with van der Waals surface area (Å²) in [5, 5.41) is 0. The van der Waals surface area contributed by atoms with Gasteiger partial charge in [-0.2, -0.15) is 0 Å². The first-order valence-electron chi connectivity index (χ1n) is 9.66. The molecule has 0 saturated carbocycles. The molecule has 4 rings (SSSR count). The Morgan fingerprint density at radius 2 is 1.59 bits per heavy atom. The van der Waals surface area contributed by atoms with E-state index in [9.17, 15) is 4.79 Å². The second-order valence-electron chi connectivity index (χ2n) is 8.31. The summed E-state index contributed by atoms with van der Waals surface area (Å²) in [6, 6.07) is 17.7. The van der Waals surface area contributed by atoms with Crippen molar-refractivity contribution in [1.29, 1.82) is 0 Å². The number of hydrogen-bond acceptors (Lipinski definition) is 4. The van der Waals surface area contributed by atoms with Crippen molar-refractivity contribution in [1.82, 2.24) is 0 Å². The van der Waals surface area contributed by atoms with Crippen LogP contribution in [-0.4, -0.2) is 11.6 Å². The molecule has 4 heteroatoms. The minimum absolute atomic E-state index is 0.321. The van der Waals surface area contributed by atoms with E-state index < -0.39 is 5.60 Å². The van der Waals surface area contributed by atoms with Crippen LogP contribution in [0.15, 0.2) is 54.6 Å². The van der Waals surface area contributed by atoms with Crippen molar-refractivity contribution < 1.29 is 19.3 Å². The quantitative estimate of drug-likeness (QED) is 0.391. The number of rotatable bonds is 3. The SMILES string of the molecule is Cc1cccc(-c2ccc(C(=O)OC(C)(C)C)cc2)c1-c1ccc2c(C)c1OO2. The molecule has 0 saturated heterocycles. The number of esters is 1. The van der Waals surface area contributed by atoms with Crippen LogP contribution in [-0.2, 0) is 4.74 Å². The third-order valence-electron chi connectivity index (χ3n) is 4.94. The van der Waals surface area contributed by atoms with Gasteiger partial charge in [0, 0.05) is 11.1 Å². The summed E-state index contributed by atoms with van der Waals surface area (Å²) in [6.45, 7) is 9.67. The van der Waals surface area contributed by atoms with Gasteiger partial charge >= 0.3 is 5.97 Å². The first-order chi connectivity index (χ1) is 13.7. The monoisotopic (exact) mass is 388 g/mol. The minimum atomic E-state index is -0.520. The molecule has 1 aliphatic rings. The van der Waals surface area contributed by atoms with Crippen molar-refractivity contribution in [2.24, 2.45) is 0 Å². The third-order valence-corrected chi connectivity index (χ3v) is 4.94. The molecule has 0 radical (unpaired) electrons. The first kappa shape index (κ1) is 19.1. The van der Waals surface area contributed by atoms with Crippen LogP contribution >= 0.6 is 0 Å². The van der Waals surface area contributed by atoms with Gasteiger partial charge < -0.3 is 4.74 Å². The van der Waals surface area contributed by atoms with E-state index in [1.54, 1.807) is 0 Å². The molecule has 2 bridgehead atoms. The van der Waals surface area contributed by atoms with Gasteiger partial charge in [0.2, 0.25) is 0 Å². The van der Waals surface area contributed by atoms with Crippen LogP contribution in [0, 0.1) is 13.8 Å². The molecule has 4 nitrogen and oxygen atoms in total. The number of hydrogen-bond donors (Lipinski definition) is 0. The van der Waals surface area contributed by atoms with E-state index in [-0.39, 0.29) is 5.97 Å². The highest BCUT2D eigenvalue weighted by atomic mass is 17.2. The van der Waals surface area contributed by atoms with E-state index >= 15 is 0 Å². The Morgan fingerprint density at radius 1 is 0.862 bits per heavy atom. The molecule has 0 aromatic heterocycles. The molecule has 0 atom stereocenters. The van der Waals surface area contributed by atoms with Crippen molar-refractivity contribution in [2.45, 2.75) is 40.2 Å². The maximum atomic E-state index is 12.3. The maximum Gasteiger partial charge on any atom is 0.338 e. The number of carbonyl (C=O) groups is 1. The standard InChI is InChI=1S/C25H24O4/c1-15-7-6-8-19(22(15)20-13-14-21-16(2)23(20)29-28-21)17-9-11-18(12-10-17)24(26)27-25(3,4)5/h6-14H,1-5H3. The van der Waals surface area contributed by atoms with Crippen LogP contribution in [0.5, 0.6) is 11.5 Å². The van der Waals surface area contributed by atoms with Crippen LogP contribution in [0.25, 0.3) is 22.3 Å². The highest BCUT2D eigenvalue weighted by Gasteiger charge is 2.25. The van der Waals surface area contributed by atoms with Crippen LogP contribution in [0.1, 0.15) is 42.3 Å². The van der Waals surface area contributed by atoms with Gasteiger partial charge in [-0.05, 0) is 81.1 Å². The van der Waals surface area contributed by atoms with Crippen LogP contribution in [0.4, 0.5) is 0 Å². The zero-order valence-corrected chi connectivity index (χ0v) is 17.3. The van der Waals surface area contributed by atoms with Gasteiger partial charge in [0.1, 0.15) is 5.60 Å². The Kier molecular flexibility index (Phi) is 4.58. The van der Waals surface area contributed by atoms with Crippen molar-refractivity contribution in [3.05, 3.63) is 71.3 Å². The van der Waals surface area contributed by atoms with Gasteiger partial charge in [-0.25, -0.2) is 4.79 Å². The average molecular weight is 388 g/mol. The van der Waals surface area contributed by atoms with Gasteiger partial charge in [0.15, 0.2) is 11.5 Å². The van der Waals surface area contributed by atoms with Crippen molar-refractivity contribution in [3.63, 3.8) is 0 Å². The van der Waals surface area contributed by atoms with Gasteiger partial charge in [-0.3, -0.25) is 9.78 Å². The van der Waals surface area contributed by atoms with Crippen molar-refractivity contribution in [3.8, 4) is 33.8 Å². The smallest absolute Gasteiger partial charge is 0.338 e. The molecule has 0 N–H and O–H groups in total. The Bertz CT molecular complexity index is 1090. The Labute approximate surface area is 171 Å². The Morgan fingerprint density at radius 3 is 2.28 bits per heavy atom. The minimum Gasteiger partial charge on any atom is -0.456 e. The number of ether oxygens (including phenoxy) is 1. The molecule has 0 fully saturated rings. The summed E-state index contributed by atoms with van der Waals surface area (Å²) in [4.78, 5) is 23.1. The third kappa shape index (κ3) is 3.58. The number of carbonyl (C=O) groups excluding carboxylic acids is 1. The fraction of sp³-hybridized carbons (Fsp3) is 0.240. The summed E-state index contributed by atoms with van der Waals surface area (Å²) in [7, 11) is 0. The Balaban J connectivity index is 1.76. The normalized spacial score (nSPS) is 12.3. The molecule has 0 unspecified atom stereocenters. The van der Waals surface area contributed by atoms with E-state index in [2.05, 4.69) is 19.1 Å². The molecule has 1 heterocycles. The van der Waals surface area contributed by atoms with E-state index in [0.717, 1.165) is 44.9 Å². The van der Waals surface area contributed by atoms with Gasteiger partial charge in [0.25, 0.3) is 0 Å². The van der Waals surface area contributed by atoms with Crippen molar-refractivity contribution >= 4 is 5.97 Å². The fourth-order valence-corrected chi connectivity index (χ4v) is 3.54.